The van der Waals surface area contributed by atoms with Crippen molar-refractivity contribution in [1.29, 1.82) is 0 Å². The summed E-state index contributed by atoms with van der Waals surface area (Å²) in [6.45, 7) is 9.26. The van der Waals surface area contributed by atoms with Gasteiger partial charge >= 0.3 is 23.9 Å². The van der Waals surface area contributed by atoms with E-state index >= 15 is 0 Å². The van der Waals surface area contributed by atoms with Crippen LogP contribution in [0.4, 0.5) is 0 Å². The molecule has 0 aliphatic carbocycles. The van der Waals surface area contributed by atoms with E-state index < -0.39 is 23.9 Å². The molecule has 0 amide bonds. The van der Waals surface area contributed by atoms with Crippen LogP contribution in [0.2, 0.25) is 0 Å². The van der Waals surface area contributed by atoms with E-state index in [1.54, 1.807) is 36.4 Å². The molecule has 0 fully saturated rings. The minimum absolute atomic E-state index is 0.0857. The third-order valence-corrected chi connectivity index (χ3v) is 7.18. The second-order valence-electron chi connectivity index (χ2n) is 10.9. The third kappa shape index (κ3) is 12.1. The van der Waals surface area contributed by atoms with Crippen LogP contribution in [0, 0.1) is 0 Å². The number of rotatable bonds is 21. The first-order chi connectivity index (χ1) is 21.4. The van der Waals surface area contributed by atoms with Crippen molar-refractivity contribution in [3.63, 3.8) is 0 Å². The smallest absolute Gasteiger partial charge is 0.339 e. The zero-order valence-corrected chi connectivity index (χ0v) is 27.0. The molecule has 8 heteroatoms. The summed E-state index contributed by atoms with van der Waals surface area (Å²) in [6.07, 6.45) is 10.6. The van der Waals surface area contributed by atoms with Gasteiger partial charge in [-0.05, 0) is 61.1 Å². The largest absolute Gasteiger partial charge is 0.462 e. The quantitative estimate of drug-likeness (QED) is 0.0785. The molecule has 0 aliphatic rings. The van der Waals surface area contributed by atoms with Gasteiger partial charge in [0.1, 0.15) is 0 Å². The van der Waals surface area contributed by atoms with Crippen LogP contribution >= 0.6 is 0 Å². The van der Waals surface area contributed by atoms with Crippen LogP contribution in [0.15, 0.2) is 36.4 Å². The molecule has 242 valence electrons. The van der Waals surface area contributed by atoms with Gasteiger partial charge in [0.15, 0.2) is 0 Å². The Hall–Kier alpha value is -3.68. The maximum absolute atomic E-state index is 13.2. The SMILES string of the molecule is CCCCCOC(=O)c1ccc(-c2ccc(C(=O)OCCCCC)c(C(=O)OCCCCC)c2)cc1C(=O)OCCCCC. The van der Waals surface area contributed by atoms with E-state index in [1.807, 2.05) is 0 Å². The fourth-order valence-corrected chi connectivity index (χ4v) is 4.52. The number of esters is 4. The Morgan fingerprint density at radius 1 is 0.409 bits per heavy atom. The van der Waals surface area contributed by atoms with Crippen LogP contribution in [0.25, 0.3) is 11.1 Å². The molecule has 0 aliphatic heterocycles. The average Bonchev–Trinajstić information content (AvgIpc) is 3.04. The highest BCUT2D eigenvalue weighted by Crippen LogP contribution is 2.27. The third-order valence-electron chi connectivity index (χ3n) is 7.18. The number of carbonyl (C=O) groups excluding carboxylic acids is 4. The molecule has 0 N–H and O–H groups in total. The van der Waals surface area contributed by atoms with Gasteiger partial charge in [0, 0.05) is 0 Å². The number of benzene rings is 2. The number of unbranched alkanes of at least 4 members (excludes halogenated alkanes) is 8. The molecule has 8 nitrogen and oxygen atoms in total. The first kappa shape index (κ1) is 36.5. The molecule has 0 unspecified atom stereocenters. The molecule has 0 heterocycles. The van der Waals surface area contributed by atoms with E-state index in [1.165, 1.54) is 0 Å². The molecular weight excluding hydrogens is 560 g/mol. The Balaban J connectivity index is 2.45. The zero-order chi connectivity index (χ0) is 32.2. The highest BCUT2D eigenvalue weighted by molar-refractivity contribution is 6.06. The molecule has 2 aromatic carbocycles. The van der Waals surface area contributed by atoms with Gasteiger partial charge in [-0.2, -0.15) is 0 Å². The lowest BCUT2D eigenvalue weighted by Gasteiger charge is -2.14. The van der Waals surface area contributed by atoms with Crippen molar-refractivity contribution in [3.05, 3.63) is 58.7 Å². The molecule has 2 aromatic rings. The molecule has 0 radical (unpaired) electrons. The fourth-order valence-electron chi connectivity index (χ4n) is 4.52. The molecule has 0 bridgehead atoms. The predicted octanol–water partition coefficient (Wildman–Crippen LogP) is 8.74. The monoisotopic (exact) mass is 610 g/mol. The van der Waals surface area contributed by atoms with Gasteiger partial charge in [0.2, 0.25) is 0 Å². The Kier molecular flexibility index (Phi) is 17.5. The topological polar surface area (TPSA) is 105 Å². The van der Waals surface area contributed by atoms with Crippen molar-refractivity contribution in [2.24, 2.45) is 0 Å². The van der Waals surface area contributed by atoms with Crippen molar-refractivity contribution in [3.8, 4) is 11.1 Å². The lowest BCUT2D eigenvalue weighted by molar-refractivity contribution is 0.0450. The van der Waals surface area contributed by atoms with Crippen molar-refractivity contribution < 1.29 is 38.1 Å². The zero-order valence-electron chi connectivity index (χ0n) is 27.0. The molecule has 0 atom stereocenters. The number of carbonyl (C=O) groups is 4. The number of hydrogen-bond acceptors (Lipinski definition) is 8. The van der Waals surface area contributed by atoms with Crippen LogP contribution in [0.1, 0.15) is 146 Å². The van der Waals surface area contributed by atoms with Crippen LogP contribution < -0.4 is 0 Å². The van der Waals surface area contributed by atoms with Crippen LogP contribution in [0.3, 0.4) is 0 Å². The van der Waals surface area contributed by atoms with Crippen molar-refractivity contribution in [1.82, 2.24) is 0 Å². The summed E-state index contributed by atoms with van der Waals surface area (Å²) in [5, 5.41) is 0. The van der Waals surface area contributed by atoms with E-state index in [0.717, 1.165) is 77.0 Å². The molecule has 0 saturated carbocycles. The van der Waals surface area contributed by atoms with E-state index in [9.17, 15) is 19.2 Å². The Labute approximate surface area is 262 Å². The number of ether oxygens (including phenoxy) is 4. The van der Waals surface area contributed by atoms with Crippen molar-refractivity contribution in [2.45, 2.75) is 105 Å². The summed E-state index contributed by atoms with van der Waals surface area (Å²) >= 11 is 0. The molecule has 44 heavy (non-hydrogen) atoms. The van der Waals surface area contributed by atoms with Gasteiger partial charge in [-0.1, -0.05) is 91.2 Å². The van der Waals surface area contributed by atoms with Crippen LogP contribution in [0.5, 0.6) is 0 Å². The maximum Gasteiger partial charge on any atom is 0.339 e. The molecule has 0 spiro atoms. The van der Waals surface area contributed by atoms with Gasteiger partial charge in [0.25, 0.3) is 0 Å². The Morgan fingerprint density at radius 3 is 0.955 bits per heavy atom. The fraction of sp³-hybridized carbons (Fsp3) is 0.556. The van der Waals surface area contributed by atoms with E-state index in [4.69, 9.17) is 18.9 Å². The van der Waals surface area contributed by atoms with Crippen molar-refractivity contribution in [2.75, 3.05) is 26.4 Å². The van der Waals surface area contributed by atoms with Crippen molar-refractivity contribution >= 4 is 23.9 Å². The minimum atomic E-state index is -0.619. The lowest BCUT2D eigenvalue weighted by atomic mass is 9.95. The highest BCUT2D eigenvalue weighted by Gasteiger charge is 2.24. The summed E-state index contributed by atoms with van der Waals surface area (Å²) in [4.78, 5) is 52.2. The number of hydrogen-bond donors (Lipinski definition) is 0. The molecule has 2 rings (SSSR count). The summed E-state index contributed by atoms with van der Waals surface area (Å²) in [5.74, 6) is -2.42. The molecular formula is C36H50O8. The van der Waals surface area contributed by atoms with Gasteiger partial charge in [0.05, 0.1) is 48.7 Å². The summed E-state index contributed by atoms with van der Waals surface area (Å²) in [5.41, 5.74) is 1.54. The second-order valence-corrected chi connectivity index (χ2v) is 10.9. The first-order valence-corrected chi connectivity index (χ1v) is 16.3. The standard InChI is InChI=1S/C36H50O8/c1-5-9-13-21-41-33(37)29-19-17-27(25-31(29)35(39)43-23-15-11-7-3)28-18-20-30(34(38)42-22-14-10-6-2)32(26-28)36(40)44-24-16-12-8-4/h17-20,25-26H,5-16,21-24H2,1-4H3. The minimum Gasteiger partial charge on any atom is -0.462 e. The highest BCUT2D eigenvalue weighted by atomic mass is 16.5. The predicted molar refractivity (Wildman–Crippen MR) is 171 cm³/mol. The van der Waals surface area contributed by atoms with E-state index in [2.05, 4.69) is 27.7 Å². The summed E-state index contributed by atoms with van der Waals surface area (Å²) in [7, 11) is 0. The Morgan fingerprint density at radius 2 is 0.682 bits per heavy atom. The van der Waals surface area contributed by atoms with Crippen LogP contribution in [-0.4, -0.2) is 50.3 Å². The maximum atomic E-state index is 13.2. The van der Waals surface area contributed by atoms with Gasteiger partial charge < -0.3 is 18.9 Å². The molecule has 0 aromatic heterocycles. The average molecular weight is 611 g/mol. The Bertz CT molecular complexity index is 1110. The van der Waals surface area contributed by atoms with E-state index in [0.29, 0.717) is 11.1 Å². The normalized spacial score (nSPS) is 10.7. The summed E-state index contributed by atoms with van der Waals surface area (Å²) in [6, 6.07) is 9.59. The van der Waals surface area contributed by atoms with Gasteiger partial charge in [-0.15, -0.1) is 0 Å². The summed E-state index contributed by atoms with van der Waals surface area (Å²) < 4.78 is 21.9. The van der Waals surface area contributed by atoms with Gasteiger partial charge in [-0.25, -0.2) is 19.2 Å². The second kappa shape index (κ2) is 21.1. The first-order valence-electron chi connectivity index (χ1n) is 16.3. The molecule has 0 saturated heterocycles. The van der Waals surface area contributed by atoms with Crippen LogP contribution in [-0.2, 0) is 18.9 Å². The lowest BCUT2D eigenvalue weighted by Crippen LogP contribution is -2.16. The van der Waals surface area contributed by atoms with Gasteiger partial charge in [-0.3, -0.25) is 0 Å². The van der Waals surface area contributed by atoms with E-state index in [-0.39, 0.29) is 48.7 Å².